The molecule has 0 aromatic heterocycles. The van der Waals surface area contributed by atoms with Crippen molar-refractivity contribution in [2.75, 3.05) is 26.0 Å². The molecule has 0 spiro atoms. The average molecular weight is 450 g/mol. The van der Waals surface area contributed by atoms with Crippen molar-refractivity contribution < 1.29 is 17.9 Å². The SMILES string of the molecule is Cc1ccc(NC(=O)COc2ccc(-c3ccc(C#N)cc3)cc2)cc1S(=O)(=O)N(C)C. The number of sulfonamides is 1. The first kappa shape index (κ1) is 23.0. The molecule has 32 heavy (non-hydrogen) atoms. The van der Waals surface area contributed by atoms with E-state index < -0.39 is 15.9 Å². The Balaban J connectivity index is 1.62. The molecule has 8 heteroatoms. The molecule has 1 N–H and O–H groups in total. The van der Waals surface area contributed by atoms with Gasteiger partial charge < -0.3 is 10.1 Å². The third-order valence-corrected chi connectivity index (χ3v) is 6.76. The Bertz CT molecular complexity index is 1260. The summed E-state index contributed by atoms with van der Waals surface area (Å²) in [5.74, 6) is 0.121. The average Bonchev–Trinajstić information content (AvgIpc) is 2.79. The molecule has 0 aliphatic carbocycles. The van der Waals surface area contributed by atoms with Crippen LogP contribution in [0.1, 0.15) is 11.1 Å². The zero-order valence-corrected chi connectivity index (χ0v) is 18.8. The third kappa shape index (κ3) is 5.32. The Morgan fingerprint density at radius 3 is 2.16 bits per heavy atom. The molecule has 0 fully saturated rings. The Morgan fingerprint density at radius 2 is 1.59 bits per heavy atom. The Morgan fingerprint density at radius 1 is 1.00 bits per heavy atom. The minimum atomic E-state index is -3.62. The third-order valence-electron chi connectivity index (χ3n) is 4.80. The molecular weight excluding hydrogens is 426 g/mol. The molecule has 3 rings (SSSR count). The van der Waals surface area contributed by atoms with Gasteiger partial charge in [-0.1, -0.05) is 30.3 Å². The van der Waals surface area contributed by atoms with Crippen LogP contribution in [0, 0.1) is 18.3 Å². The van der Waals surface area contributed by atoms with Gasteiger partial charge in [0.15, 0.2) is 6.61 Å². The van der Waals surface area contributed by atoms with E-state index in [-0.39, 0.29) is 11.5 Å². The standard InChI is InChI=1S/C24H23N3O4S/c1-17-4-11-21(14-23(17)32(29,30)27(2)3)26-24(28)16-31-22-12-9-20(10-13-22)19-7-5-18(15-25)6-8-19/h4-14H,16H2,1-3H3,(H,26,28). The van der Waals surface area contributed by atoms with Crippen molar-refractivity contribution in [2.45, 2.75) is 11.8 Å². The predicted molar refractivity (Wildman–Crippen MR) is 123 cm³/mol. The summed E-state index contributed by atoms with van der Waals surface area (Å²) in [6.45, 7) is 1.48. The van der Waals surface area contributed by atoms with Crippen molar-refractivity contribution >= 4 is 21.6 Å². The molecule has 1 amide bonds. The zero-order chi connectivity index (χ0) is 23.3. The predicted octanol–water partition coefficient (Wildman–Crippen LogP) is 3.80. The van der Waals surface area contributed by atoms with Gasteiger partial charge in [0, 0.05) is 19.8 Å². The molecule has 0 radical (unpaired) electrons. The van der Waals surface area contributed by atoms with Crippen molar-refractivity contribution in [3.8, 4) is 22.9 Å². The van der Waals surface area contributed by atoms with Crippen molar-refractivity contribution in [1.29, 1.82) is 5.26 Å². The number of amides is 1. The van der Waals surface area contributed by atoms with Gasteiger partial charge in [0.2, 0.25) is 10.0 Å². The highest BCUT2D eigenvalue weighted by Gasteiger charge is 2.20. The lowest BCUT2D eigenvalue weighted by atomic mass is 10.0. The van der Waals surface area contributed by atoms with Crippen LogP contribution in [0.2, 0.25) is 0 Å². The summed E-state index contributed by atoms with van der Waals surface area (Å²) < 4.78 is 31.6. The smallest absolute Gasteiger partial charge is 0.262 e. The monoisotopic (exact) mass is 449 g/mol. The summed E-state index contributed by atoms with van der Waals surface area (Å²) in [6.07, 6.45) is 0. The number of ether oxygens (including phenoxy) is 1. The van der Waals surface area contributed by atoms with Crippen molar-refractivity contribution in [2.24, 2.45) is 0 Å². The Labute approximate surface area is 187 Å². The number of hydrogen-bond acceptors (Lipinski definition) is 5. The largest absolute Gasteiger partial charge is 0.484 e. The number of nitriles is 1. The van der Waals surface area contributed by atoms with Crippen LogP contribution in [0.15, 0.2) is 71.6 Å². The molecule has 0 unspecified atom stereocenters. The first-order valence-corrected chi connectivity index (χ1v) is 11.2. The zero-order valence-electron chi connectivity index (χ0n) is 18.0. The number of rotatable bonds is 7. The van der Waals surface area contributed by atoms with E-state index in [2.05, 4.69) is 11.4 Å². The van der Waals surface area contributed by atoms with E-state index in [9.17, 15) is 13.2 Å². The topological polar surface area (TPSA) is 99.5 Å². The van der Waals surface area contributed by atoms with Crippen molar-refractivity contribution in [3.05, 3.63) is 77.9 Å². The summed E-state index contributed by atoms with van der Waals surface area (Å²) in [5, 5.41) is 11.6. The van der Waals surface area contributed by atoms with E-state index in [4.69, 9.17) is 10.00 Å². The van der Waals surface area contributed by atoms with Crippen LogP contribution >= 0.6 is 0 Å². The number of benzene rings is 3. The molecule has 7 nitrogen and oxygen atoms in total. The highest BCUT2D eigenvalue weighted by atomic mass is 32.2. The number of nitrogens with one attached hydrogen (secondary N) is 1. The minimum absolute atomic E-state index is 0.139. The van der Waals surface area contributed by atoms with Crippen LogP contribution in [0.25, 0.3) is 11.1 Å². The van der Waals surface area contributed by atoms with E-state index >= 15 is 0 Å². The second-order valence-electron chi connectivity index (χ2n) is 7.32. The fourth-order valence-electron chi connectivity index (χ4n) is 2.98. The van der Waals surface area contributed by atoms with Gasteiger partial charge in [-0.3, -0.25) is 4.79 Å². The maximum atomic E-state index is 12.4. The van der Waals surface area contributed by atoms with E-state index in [0.717, 1.165) is 15.4 Å². The molecule has 0 bridgehead atoms. The van der Waals surface area contributed by atoms with Gasteiger partial charge in [0.05, 0.1) is 16.5 Å². The van der Waals surface area contributed by atoms with Crippen LogP contribution < -0.4 is 10.1 Å². The summed E-state index contributed by atoms with van der Waals surface area (Å²) in [4.78, 5) is 12.4. The maximum Gasteiger partial charge on any atom is 0.262 e. The summed E-state index contributed by atoms with van der Waals surface area (Å²) in [7, 11) is -0.700. The quantitative estimate of drug-likeness (QED) is 0.591. The van der Waals surface area contributed by atoms with E-state index in [1.54, 1.807) is 43.3 Å². The maximum absolute atomic E-state index is 12.4. The van der Waals surface area contributed by atoms with Gasteiger partial charge >= 0.3 is 0 Å². The van der Waals surface area contributed by atoms with Gasteiger partial charge in [-0.25, -0.2) is 12.7 Å². The first-order valence-electron chi connectivity index (χ1n) is 9.77. The fourth-order valence-corrected chi connectivity index (χ4v) is 4.12. The molecule has 164 valence electrons. The fraction of sp³-hybridized carbons (Fsp3) is 0.167. The first-order chi connectivity index (χ1) is 15.2. The van der Waals surface area contributed by atoms with Gasteiger partial charge in [0.1, 0.15) is 5.75 Å². The van der Waals surface area contributed by atoms with Crippen LogP contribution in [0.4, 0.5) is 5.69 Å². The van der Waals surface area contributed by atoms with E-state index in [0.29, 0.717) is 22.6 Å². The number of carbonyl (C=O) groups excluding carboxylic acids is 1. The lowest BCUT2D eigenvalue weighted by Gasteiger charge is -2.15. The normalized spacial score (nSPS) is 11.1. The minimum Gasteiger partial charge on any atom is -0.484 e. The molecular formula is C24H23N3O4S. The summed E-state index contributed by atoms with van der Waals surface area (Å²) >= 11 is 0. The highest BCUT2D eigenvalue weighted by Crippen LogP contribution is 2.24. The summed E-state index contributed by atoms with van der Waals surface area (Å²) in [5.41, 5.74) is 3.49. The second kappa shape index (κ2) is 9.64. The van der Waals surface area contributed by atoms with E-state index in [1.807, 2.05) is 24.3 Å². The number of nitrogens with zero attached hydrogens (tertiary/aromatic N) is 2. The Kier molecular flexibility index (Phi) is 6.93. The van der Waals surface area contributed by atoms with Crippen LogP contribution in [0.3, 0.4) is 0 Å². The highest BCUT2D eigenvalue weighted by molar-refractivity contribution is 7.89. The molecule has 3 aromatic carbocycles. The molecule has 0 aliphatic heterocycles. The van der Waals surface area contributed by atoms with E-state index in [1.165, 1.54) is 20.2 Å². The molecule has 0 saturated heterocycles. The van der Waals surface area contributed by atoms with Crippen LogP contribution in [-0.4, -0.2) is 39.3 Å². The number of carbonyl (C=O) groups is 1. The van der Waals surface area contributed by atoms with Crippen LogP contribution in [0.5, 0.6) is 5.75 Å². The molecule has 0 saturated carbocycles. The molecule has 0 heterocycles. The van der Waals surface area contributed by atoms with Gasteiger partial charge in [0.25, 0.3) is 5.91 Å². The molecule has 0 atom stereocenters. The lowest BCUT2D eigenvalue weighted by molar-refractivity contribution is -0.118. The van der Waals surface area contributed by atoms with Gasteiger partial charge in [-0.2, -0.15) is 5.26 Å². The number of hydrogen-bond donors (Lipinski definition) is 1. The lowest BCUT2D eigenvalue weighted by Crippen LogP contribution is -2.24. The molecule has 3 aromatic rings. The summed E-state index contributed by atoms with van der Waals surface area (Å²) in [6, 6.07) is 21.3. The second-order valence-corrected chi connectivity index (χ2v) is 9.44. The number of anilines is 1. The van der Waals surface area contributed by atoms with Crippen molar-refractivity contribution in [1.82, 2.24) is 4.31 Å². The van der Waals surface area contributed by atoms with Gasteiger partial charge in [-0.15, -0.1) is 0 Å². The Hall–Kier alpha value is -3.67. The van der Waals surface area contributed by atoms with Crippen molar-refractivity contribution in [3.63, 3.8) is 0 Å². The molecule has 0 aliphatic rings. The van der Waals surface area contributed by atoms with Crippen LogP contribution in [-0.2, 0) is 14.8 Å². The van der Waals surface area contributed by atoms with Gasteiger partial charge in [-0.05, 0) is 60.0 Å². The number of aryl methyl sites for hydroxylation is 1.